The van der Waals surface area contributed by atoms with Crippen LogP contribution < -0.4 is 11.1 Å². The molecule has 1 unspecified atom stereocenters. The van der Waals surface area contributed by atoms with Crippen LogP contribution in [0.2, 0.25) is 0 Å². The van der Waals surface area contributed by atoms with E-state index in [-0.39, 0.29) is 5.92 Å². The molecule has 0 aromatic carbocycles. The third-order valence-electron chi connectivity index (χ3n) is 2.65. The maximum atomic E-state index is 5.63. The molecule has 1 rings (SSSR count). The molecule has 4 nitrogen and oxygen atoms in total. The second kappa shape index (κ2) is 6.51. The van der Waals surface area contributed by atoms with Gasteiger partial charge >= 0.3 is 0 Å². The SMILES string of the molecule is C=C1C(=NCCOCC)NC=C(C(N)=S)C1C. The quantitative estimate of drug-likeness (QED) is 0.574. The number of nitrogens with zero attached hydrogens (tertiary/aromatic N) is 1. The van der Waals surface area contributed by atoms with Crippen LogP contribution in [0.3, 0.4) is 0 Å². The van der Waals surface area contributed by atoms with Crippen LogP contribution in [0.5, 0.6) is 0 Å². The zero-order valence-corrected chi connectivity index (χ0v) is 11.1. The lowest BCUT2D eigenvalue weighted by molar-refractivity contribution is 0.156. The van der Waals surface area contributed by atoms with Gasteiger partial charge in [-0.05, 0) is 12.5 Å². The summed E-state index contributed by atoms with van der Waals surface area (Å²) in [7, 11) is 0. The highest BCUT2D eigenvalue weighted by Crippen LogP contribution is 2.22. The average Bonchev–Trinajstić information content (AvgIpc) is 2.29. The van der Waals surface area contributed by atoms with Crippen LogP contribution in [0, 0.1) is 5.92 Å². The van der Waals surface area contributed by atoms with Crippen molar-refractivity contribution in [1.82, 2.24) is 5.32 Å². The summed E-state index contributed by atoms with van der Waals surface area (Å²) >= 11 is 4.97. The van der Waals surface area contributed by atoms with Gasteiger partial charge in [0, 0.05) is 24.3 Å². The van der Waals surface area contributed by atoms with E-state index < -0.39 is 0 Å². The second-order valence-corrected chi connectivity index (χ2v) is 4.22. The maximum Gasteiger partial charge on any atom is 0.128 e. The van der Waals surface area contributed by atoms with E-state index in [1.54, 1.807) is 6.20 Å². The van der Waals surface area contributed by atoms with E-state index in [0.717, 1.165) is 17.0 Å². The summed E-state index contributed by atoms with van der Waals surface area (Å²) in [5.41, 5.74) is 7.43. The third-order valence-corrected chi connectivity index (χ3v) is 2.89. The standard InChI is InChI=1S/C12H19N3OS/c1-4-16-6-5-14-12-9(3)8(2)10(7-15-12)11(13)17/h7-8H,3-6H2,1-2H3,(H2,13,17)(H,14,15). The molecule has 1 aliphatic rings. The lowest BCUT2D eigenvalue weighted by atomic mass is 9.91. The van der Waals surface area contributed by atoms with Gasteiger partial charge < -0.3 is 15.8 Å². The summed E-state index contributed by atoms with van der Waals surface area (Å²) in [4.78, 5) is 4.80. The van der Waals surface area contributed by atoms with Crippen molar-refractivity contribution in [3.63, 3.8) is 0 Å². The molecule has 5 heteroatoms. The number of nitrogens with one attached hydrogen (secondary N) is 1. The van der Waals surface area contributed by atoms with E-state index in [0.29, 0.717) is 24.7 Å². The molecule has 0 aromatic heterocycles. The summed E-state index contributed by atoms with van der Waals surface area (Å²) in [5, 5.41) is 3.07. The molecule has 0 fully saturated rings. The van der Waals surface area contributed by atoms with Crippen LogP contribution in [0.15, 0.2) is 28.9 Å². The fraction of sp³-hybridized carbons (Fsp3) is 0.500. The molecule has 0 saturated heterocycles. The minimum atomic E-state index is 0.111. The average molecular weight is 253 g/mol. The summed E-state index contributed by atoms with van der Waals surface area (Å²) in [6.07, 6.45) is 1.81. The Bertz CT molecular complexity index is 374. The van der Waals surface area contributed by atoms with Crippen LogP contribution in [-0.2, 0) is 4.74 Å². The van der Waals surface area contributed by atoms with Crippen molar-refractivity contribution in [1.29, 1.82) is 0 Å². The summed E-state index contributed by atoms with van der Waals surface area (Å²) in [5.74, 6) is 0.900. The smallest absolute Gasteiger partial charge is 0.128 e. The van der Waals surface area contributed by atoms with E-state index in [2.05, 4.69) is 16.9 Å². The number of nitrogens with two attached hydrogens (primary N) is 1. The van der Waals surface area contributed by atoms with Crippen molar-refractivity contribution >= 4 is 23.0 Å². The molecule has 0 aromatic rings. The highest BCUT2D eigenvalue weighted by Gasteiger charge is 2.22. The lowest BCUT2D eigenvalue weighted by Gasteiger charge is -2.24. The fourth-order valence-corrected chi connectivity index (χ4v) is 1.79. The zero-order valence-electron chi connectivity index (χ0n) is 10.3. The lowest BCUT2D eigenvalue weighted by Crippen LogP contribution is -2.33. The first kappa shape index (κ1) is 13.9. The predicted molar refractivity (Wildman–Crippen MR) is 75.1 cm³/mol. The molecule has 94 valence electrons. The van der Waals surface area contributed by atoms with Crippen molar-refractivity contribution in [2.24, 2.45) is 16.6 Å². The van der Waals surface area contributed by atoms with E-state index >= 15 is 0 Å². The molecule has 1 atom stereocenters. The first-order chi connectivity index (χ1) is 8.07. The van der Waals surface area contributed by atoms with Crippen LogP contribution >= 0.6 is 12.2 Å². The molecular formula is C12H19N3OS. The summed E-state index contributed by atoms with van der Waals surface area (Å²) in [6, 6.07) is 0. The number of hydrogen-bond donors (Lipinski definition) is 2. The van der Waals surface area contributed by atoms with Gasteiger partial charge in [-0.3, -0.25) is 4.99 Å². The molecule has 0 aliphatic carbocycles. The van der Waals surface area contributed by atoms with Gasteiger partial charge in [0.25, 0.3) is 0 Å². The Labute approximate surface area is 108 Å². The minimum absolute atomic E-state index is 0.111. The van der Waals surface area contributed by atoms with Crippen LogP contribution in [-0.4, -0.2) is 30.6 Å². The normalized spacial score (nSPS) is 22.2. The number of ether oxygens (including phenoxy) is 1. The van der Waals surface area contributed by atoms with Crippen LogP contribution in [0.4, 0.5) is 0 Å². The molecule has 1 heterocycles. The molecule has 17 heavy (non-hydrogen) atoms. The summed E-state index contributed by atoms with van der Waals surface area (Å²) < 4.78 is 5.23. The van der Waals surface area contributed by atoms with Crippen molar-refractivity contribution in [2.75, 3.05) is 19.8 Å². The Morgan fingerprint density at radius 2 is 2.41 bits per heavy atom. The molecule has 0 bridgehead atoms. The topological polar surface area (TPSA) is 59.6 Å². The van der Waals surface area contributed by atoms with Gasteiger partial charge in [0.05, 0.1) is 13.2 Å². The van der Waals surface area contributed by atoms with E-state index in [4.69, 9.17) is 22.7 Å². The minimum Gasteiger partial charge on any atom is -0.390 e. The Balaban J connectivity index is 2.67. The molecule has 1 aliphatic heterocycles. The Hall–Kier alpha value is -1.20. The highest BCUT2D eigenvalue weighted by molar-refractivity contribution is 7.80. The van der Waals surface area contributed by atoms with Gasteiger partial charge in [-0.25, -0.2) is 0 Å². The molecular weight excluding hydrogens is 234 g/mol. The number of thiocarbonyl (C=S) groups is 1. The monoisotopic (exact) mass is 253 g/mol. The number of hydrogen-bond acceptors (Lipinski definition) is 3. The van der Waals surface area contributed by atoms with Crippen LogP contribution in [0.25, 0.3) is 0 Å². The molecule has 0 saturated carbocycles. The highest BCUT2D eigenvalue weighted by atomic mass is 32.1. The van der Waals surface area contributed by atoms with Crippen molar-refractivity contribution < 1.29 is 4.74 Å². The first-order valence-corrected chi connectivity index (χ1v) is 6.06. The van der Waals surface area contributed by atoms with Gasteiger partial charge in [-0.2, -0.15) is 0 Å². The number of rotatable bonds is 5. The molecule has 0 spiro atoms. The zero-order chi connectivity index (χ0) is 12.8. The molecule has 0 radical (unpaired) electrons. The van der Waals surface area contributed by atoms with Gasteiger partial charge in [-0.15, -0.1) is 0 Å². The maximum absolute atomic E-state index is 5.63. The van der Waals surface area contributed by atoms with Crippen molar-refractivity contribution in [2.45, 2.75) is 13.8 Å². The second-order valence-electron chi connectivity index (χ2n) is 3.78. The summed E-state index contributed by atoms with van der Waals surface area (Å²) in [6.45, 7) is 9.95. The Morgan fingerprint density at radius 1 is 1.71 bits per heavy atom. The molecule has 0 amide bonds. The Kier molecular flexibility index (Phi) is 5.31. The van der Waals surface area contributed by atoms with E-state index in [9.17, 15) is 0 Å². The van der Waals surface area contributed by atoms with Gasteiger partial charge in [0.2, 0.25) is 0 Å². The van der Waals surface area contributed by atoms with Gasteiger partial charge in [0.1, 0.15) is 10.8 Å². The van der Waals surface area contributed by atoms with Crippen molar-refractivity contribution in [3.05, 3.63) is 23.9 Å². The predicted octanol–water partition coefficient (Wildman–Crippen LogP) is 1.39. The molecule has 3 N–H and O–H groups in total. The first-order valence-electron chi connectivity index (χ1n) is 5.65. The van der Waals surface area contributed by atoms with E-state index in [1.807, 2.05) is 13.8 Å². The number of amidine groups is 1. The van der Waals surface area contributed by atoms with Crippen molar-refractivity contribution in [3.8, 4) is 0 Å². The third kappa shape index (κ3) is 3.64. The van der Waals surface area contributed by atoms with E-state index in [1.165, 1.54) is 0 Å². The Morgan fingerprint density at radius 3 is 3.00 bits per heavy atom. The fourth-order valence-electron chi connectivity index (χ4n) is 1.55. The van der Waals surface area contributed by atoms with Gasteiger partial charge in [0.15, 0.2) is 0 Å². The van der Waals surface area contributed by atoms with Gasteiger partial charge in [-0.1, -0.05) is 25.7 Å². The largest absolute Gasteiger partial charge is 0.390 e. The van der Waals surface area contributed by atoms with Crippen LogP contribution in [0.1, 0.15) is 13.8 Å². The number of aliphatic imine (C=N–C) groups is 1.